The van der Waals surface area contributed by atoms with Crippen molar-refractivity contribution in [2.75, 3.05) is 0 Å². The van der Waals surface area contributed by atoms with Crippen molar-refractivity contribution in [2.45, 2.75) is 25.6 Å². The first-order valence-corrected chi connectivity index (χ1v) is 7.94. The molecule has 0 bridgehead atoms. The minimum atomic E-state index is -0.585. The van der Waals surface area contributed by atoms with Gasteiger partial charge in [-0.05, 0) is 48.9 Å². The Bertz CT molecular complexity index is 774. The third-order valence-electron chi connectivity index (χ3n) is 4.00. The molecular weight excluding hydrogens is 341 g/mol. The van der Waals surface area contributed by atoms with E-state index in [4.69, 9.17) is 4.42 Å². The van der Waals surface area contributed by atoms with E-state index in [9.17, 15) is 9.50 Å². The zero-order valence-electron chi connectivity index (χ0n) is 13.8. The number of halogens is 2. The van der Waals surface area contributed by atoms with Crippen molar-refractivity contribution in [3.05, 3.63) is 83.9 Å². The average Bonchev–Trinajstić information content (AvgIpc) is 3.09. The largest absolute Gasteiger partial charge is 1.00 e. The first-order chi connectivity index (χ1) is 11.6. The quantitative estimate of drug-likeness (QED) is 0.696. The summed E-state index contributed by atoms with van der Waals surface area (Å²) in [5.74, 6) is 1.19. The molecule has 0 amide bonds. The Morgan fingerprint density at radius 1 is 1.00 bits per heavy atom. The van der Waals surface area contributed by atoms with E-state index in [1.54, 1.807) is 12.1 Å². The summed E-state index contributed by atoms with van der Waals surface area (Å²) in [6.45, 7) is 2.44. The van der Waals surface area contributed by atoms with Gasteiger partial charge in [0, 0.05) is 11.6 Å². The Balaban J connectivity index is 0.00000225. The topological polar surface area (TPSA) is 45.4 Å². The highest BCUT2D eigenvalue weighted by Gasteiger charge is 2.16. The van der Waals surface area contributed by atoms with Crippen molar-refractivity contribution in [3.63, 3.8) is 0 Å². The molecule has 3 aromatic rings. The molecule has 2 unspecified atom stereocenters. The molecule has 0 fully saturated rings. The van der Waals surface area contributed by atoms with Gasteiger partial charge in [-0.25, -0.2) is 4.39 Å². The van der Waals surface area contributed by atoms with Gasteiger partial charge in [0.05, 0.1) is 12.6 Å². The van der Waals surface area contributed by atoms with E-state index >= 15 is 0 Å². The van der Waals surface area contributed by atoms with Crippen LogP contribution < -0.4 is 17.7 Å². The van der Waals surface area contributed by atoms with Crippen molar-refractivity contribution in [3.8, 4) is 11.3 Å². The Morgan fingerprint density at radius 3 is 2.36 bits per heavy atom. The molecule has 0 saturated carbocycles. The number of nitrogens with one attached hydrogen (secondary N) is 1. The lowest BCUT2D eigenvalue weighted by Gasteiger charge is -2.20. The molecule has 3 rings (SSSR count). The van der Waals surface area contributed by atoms with Gasteiger partial charge in [-0.2, -0.15) is 0 Å². The fourth-order valence-corrected chi connectivity index (χ4v) is 2.55. The van der Waals surface area contributed by atoms with Crippen molar-refractivity contribution < 1.29 is 26.3 Å². The summed E-state index contributed by atoms with van der Waals surface area (Å²) in [6, 6.07) is 19.4. The molecule has 132 valence electrons. The fourth-order valence-electron chi connectivity index (χ4n) is 2.55. The number of hydrogen-bond donors (Lipinski definition) is 2. The van der Waals surface area contributed by atoms with Crippen LogP contribution in [0.5, 0.6) is 0 Å². The third-order valence-corrected chi connectivity index (χ3v) is 4.00. The summed E-state index contributed by atoms with van der Waals surface area (Å²) in [5, 5.41) is 13.6. The van der Waals surface area contributed by atoms with E-state index in [-0.39, 0.29) is 24.3 Å². The standard InChI is InChI=1S/C20H20FNO2.ClH/c1-14(20(23)16-5-3-2-4-6-16)22-13-18-11-12-19(24-18)15-7-9-17(21)10-8-15;/h2-12,14,20,22-23H,13H2,1H3;1H/p-1. The molecule has 0 aliphatic rings. The van der Waals surface area contributed by atoms with Crippen molar-refractivity contribution in [2.24, 2.45) is 0 Å². The lowest BCUT2D eigenvalue weighted by Crippen LogP contribution is -3.00. The van der Waals surface area contributed by atoms with Gasteiger partial charge in [-0.3, -0.25) is 0 Å². The van der Waals surface area contributed by atoms with Crippen LogP contribution in [-0.4, -0.2) is 11.1 Å². The maximum absolute atomic E-state index is 13.0. The Hall–Kier alpha value is -2.14. The molecule has 0 radical (unpaired) electrons. The van der Waals surface area contributed by atoms with Gasteiger partial charge in [-0.15, -0.1) is 0 Å². The first-order valence-electron chi connectivity index (χ1n) is 7.94. The second-order valence-corrected chi connectivity index (χ2v) is 5.80. The third kappa shape index (κ3) is 4.92. The lowest BCUT2D eigenvalue weighted by atomic mass is 10.0. The highest BCUT2D eigenvalue weighted by molar-refractivity contribution is 5.57. The van der Waals surface area contributed by atoms with Crippen molar-refractivity contribution in [1.29, 1.82) is 0 Å². The summed E-state index contributed by atoms with van der Waals surface area (Å²) in [4.78, 5) is 0. The summed E-state index contributed by atoms with van der Waals surface area (Å²) in [7, 11) is 0. The first kappa shape index (κ1) is 19.2. The molecular formula is C20H20ClFNO2-. The van der Waals surface area contributed by atoms with E-state index in [0.29, 0.717) is 12.3 Å². The molecule has 3 nitrogen and oxygen atoms in total. The van der Waals surface area contributed by atoms with Crippen LogP contribution in [0, 0.1) is 5.82 Å². The zero-order valence-corrected chi connectivity index (χ0v) is 14.6. The Morgan fingerprint density at radius 2 is 1.68 bits per heavy atom. The number of aliphatic hydroxyl groups is 1. The summed E-state index contributed by atoms with van der Waals surface area (Å²) < 4.78 is 18.7. The van der Waals surface area contributed by atoms with E-state index in [2.05, 4.69) is 5.32 Å². The molecule has 2 atom stereocenters. The van der Waals surface area contributed by atoms with Crippen LogP contribution in [-0.2, 0) is 6.54 Å². The van der Waals surface area contributed by atoms with Gasteiger partial charge >= 0.3 is 0 Å². The van der Waals surface area contributed by atoms with Crippen LogP contribution in [0.4, 0.5) is 4.39 Å². The van der Waals surface area contributed by atoms with Gasteiger partial charge < -0.3 is 27.2 Å². The normalized spacial score (nSPS) is 13.1. The van der Waals surface area contributed by atoms with Crippen molar-refractivity contribution >= 4 is 0 Å². The van der Waals surface area contributed by atoms with Crippen LogP contribution in [0.15, 0.2) is 71.1 Å². The van der Waals surface area contributed by atoms with Gasteiger partial charge in [-0.1, -0.05) is 30.3 Å². The molecule has 1 aromatic heterocycles. The minimum Gasteiger partial charge on any atom is -1.00 e. The number of rotatable bonds is 6. The molecule has 0 spiro atoms. The van der Waals surface area contributed by atoms with E-state index < -0.39 is 6.10 Å². The lowest BCUT2D eigenvalue weighted by molar-refractivity contribution is -0.00000756. The SMILES string of the molecule is CC(NCc1ccc(-c2ccc(F)cc2)o1)C(O)c1ccccc1.[Cl-]. The number of aliphatic hydroxyl groups excluding tert-OH is 1. The van der Waals surface area contributed by atoms with E-state index in [1.807, 2.05) is 49.4 Å². The smallest absolute Gasteiger partial charge is 0.134 e. The van der Waals surface area contributed by atoms with Crippen LogP contribution in [0.3, 0.4) is 0 Å². The predicted octanol–water partition coefficient (Wildman–Crippen LogP) is 1.30. The van der Waals surface area contributed by atoms with Crippen LogP contribution in [0.25, 0.3) is 11.3 Å². The molecule has 0 saturated heterocycles. The zero-order chi connectivity index (χ0) is 16.9. The molecule has 1 heterocycles. The Kier molecular flexibility index (Phi) is 6.76. The van der Waals surface area contributed by atoms with Gasteiger partial charge in [0.15, 0.2) is 0 Å². The van der Waals surface area contributed by atoms with E-state index in [0.717, 1.165) is 16.9 Å². The second-order valence-electron chi connectivity index (χ2n) is 5.80. The number of hydrogen-bond acceptors (Lipinski definition) is 3. The molecule has 0 aliphatic carbocycles. The predicted molar refractivity (Wildman–Crippen MR) is 91.8 cm³/mol. The van der Waals surface area contributed by atoms with Gasteiger partial charge in [0.1, 0.15) is 17.3 Å². The maximum Gasteiger partial charge on any atom is 0.134 e. The molecule has 25 heavy (non-hydrogen) atoms. The highest BCUT2D eigenvalue weighted by Crippen LogP contribution is 2.23. The second kappa shape index (κ2) is 8.81. The van der Waals surface area contributed by atoms with Gasteiger partial charge in [0.25, 0.3) is 0 Å². The van der Waals surface area contributed by atoms with Crippen molar-refractivity contribution in [1.82, 2.24) is 5.32 Å². The molecule has 5 heteroatoms. The average molecular weight is 361 g/mol. The molecule has 0 aliphatic heterocycles. The van der Waals surface area contributed by atoms with Crippen LogP contribution in [0.1, 0.15) is 24.4 Å². The summed E-state index contributed by atoms with van der Waals surface area (Å²) in [5.41, 5.74) is 1.71. The Labute approximate surface area is 152 Å². The maximum atomic E-state index is 13.0. The van der Waals surface area contributed by atoms with Crippen LogP contribution >= 0.6 is 0 Å². The minimum absolute atomic E-state index is 0. The monoisotopic (exact) mass is 360 g/mol. The fraction of sp³-hybridized carbons (Fsp3) is 0.200. The number of furan rings is 1. The molecule has 2 N–H and O–H groups in total. The number of benzene rings is 2. The molecule has 2 aromatic carbocycles. The van der Waals surface area contributed by atoms with Crippen LogP contribution in [0.2, 0.25) is 0 Å². The summed E-state index contributed by atoms with van der Waals surface area (Å²) >= 11 is 0. The van der Waals surface area contributed by atoms with E-state index in [1.165, 1.54) is 12.1 Å². The summed E-state index contributed by atoms with van der Waals surface area (Å²) in [6.07, 6.45) is -0.585. The highest BCUT2D eigenvalue weighted by atomic mass is 35.5. The van der Waals surface area contributed by atoms with Gasteiger partial charge in [0.2, 0.25) is 0 Å².